The third kappa shape index (κ3) is 9.70. The molecule has 1 aliphatic rings. The van der Waals surface area contributed by atoms with Gasteiger partial charge < -0.3 is 15.4 Å². The molecule has 0 bridgehead atoms. The maximum Gasteiger partial charge on any atom is 0.407 e. The molecule has 2 rings (SSSR count). The van der Waals surface area contributed by atoms with Gasteiger partial charge in [-0.3, -0.25) is 0 Å². The summed E-state index contributed by atoms with van der Waals surface area (Å²) in [6, 6.07) is 4.06. The molecule has 24 heavy (non-hydrogen) atoms. The van der Waals surface area contributed by atoms with Crippen LogP contribution in [-0.2, 0) is 4.74 Å². The van der Waals surface area contributed by atoms with Crippen molar-refractivity contribution >= 4 is 27.8 Å². The molecule has 6 nitrogen and oxygen atoms in total. The van der Waals surface area contributed by atoms with Crippen molar-refractivity contribution in [1.29, 1.82) is 0 Å². The Kier molecular flexibility index (Phi) is 9.03. The summed E-state index contributed by atoms with van der Waals surface area (Å²) < 4.78 is 5.95. The Hall–Kier alpha value is -1.37. The lowest BCUT2D eigenvalue weighted by Gasteiger charge is -2.25. The van der Waals surface area contributed by atoms with E-state index in [-0.39, 0.29) is 6.09 Å². The van der Waals surface area contributed by atoms with Gasteiger partial charge in [-0.25, -0.2) is 4.79 Å². The Labute approximate surface area is 153 Å². The lowest BCUT2D eigenvalue weighted by molar-refractivity contribution is 0.0493. The third-order valence-electron chi connectivity index (χ3n) is 3.32. The summed E-state index contributed by atoms with van der Waals surface area (Å²) in [6.45, 7) is 8.54. The normalized spacial score (nSPS) is 15.0. The smallest absolute Gasteiger partial charge is 0.407 e. The average molecular weight is 401 g/mol. The summed E-state index contributed by atoms with van der Waals surface area (Å²) in [4.78, 5) is 11.4. The minimum absolute atomic E-state index is 0.274. The Bertz CT molecular complexity index is 482. The minimum Gasteiger partial charge on any atom is -0.444 e. The lowest BCUT2D eigenvalue weighted by atomic mass is 9.96. The topological polar surface area (TPSA) is 76.1 Å². The van der Waals surface area contributed by atoms with E-state index in [4.69, 9.17) is 4.74 Å². The first kappa shape index (κ1) is 20.7. The van der Waals surface area contributed by atoms with E-state index >= 15 is 0 Å². The number of alkyl carbamates (subject to hydrolysis) is 1. The summed E-state index contributed by atoms with van der Waals surface area (Å²) in [5.41, 5.74) is -0.390. The number of halogens is 1. The predicted molar refractivity (Wildman–Crippen MR) is 100 cm³/mol. The molecule has 0 radical (unpaired) electrons. The quantitative estimate of drug-likeness (QED) is 0.779. The van der Waals surface area contributed by atoms with E-state index in [0.29, 0.717) is 6.04 Å². The Morgan fingerprint density at radius 3 is 2.42 bits per heavy atom. The van der Waals surface area contributed by atoms with Gasteiger partial charge >= 0.3 is 6.09 Å². The summed E-state index contributed by atoms with van der Waals surface area (Å²) in [6.07, 6.45) is 5.66. The van der Waals surface area contributed by atoms with Gasteiger partial charge in [0.25, 0.3) is 0 Å². The highest BCUT2D eigenvalue weighted by atomic mass is 79.9. The van der Waals surface area contributed by atoms with Crippen molar-refractivity contribution in [2.24, 2.45) is 0 Å². The number of carbonyl (C=O) groups excluding carboxylic acids is 1. The standard InChI is InChI=1S/C11H21NO2.C6H8BrN3/c1-11(2,3)14-10(13)12-9-7-5-4-6-8-9;1-2-8-6-4-3-5(7)9-10-6/h9H,4-8H2,1-3H3,(H,12,13);3-4H,2H2,1H3,(H,8,10). The maximum atomic E-state index is 11.4. The fourth-order valence-corrected chi connectivity index (χ4v) is 2.52. The second kappa shape index (κ2) is 10.5. The van der Waals surface area contributed by atoms with Crippen LogP contribution in [0.25, 0.3) is 0 Å². The monoisotopic (exact) mass is 400 g/mol. The van der Waals surface area contributed by atoms with Crippen LogP contribution < -0.4 is 10.6 Å². The van der Waals surface area contributed by atoms with Crippen LogP contribution >= 0.6 is 15.9 Å². The van der Waals surface area contributed by atoms with E-state index < -0.39 is 5.60 Å². The SMILES string of the molecule is CC(C)(C)OC(=O)NC1CCCCC1.CCNc1ccc(Br)nn1. The van der Waals surface area contributed by atoms with Crippen molar-refractivity contribution < 1.29 is 9.53 Å². The number of ether oxygens (including phenoxy) is 1. The molecule has 1 heterocycles. The molecule has 1 aliphatic carbocycles. The second-order valence-electron chi connectivity index (χ2n) is 6.75. The zero-order valence-electron chi connectivity index (χ0n) is 15.1. The van der Waals surface area contributed by atoms with Gasteiger partial charge in [-0.1, -0.05) is 19.3 Å². The van der Waals surface area contributed by atoms with Crippen LogP contribution in [0.3, 0.4) is 0 Å². The molecule has 2 N–H and O–H groups in total. The maximum absolute atomic E-state index is 11.4. The average Bonchev–Trinajstić information content (AvgIpc) is 2.49. The van der Waals surface area contributed by atoms with Crippen molar-refractivity contribution in [2.45, 2.75) is 71.4 Å². The molecule has 1 fully saturated rings. The number of rotatable bonds is 3. The number of hydrogen-bond acceptors (Lipinski definition) is 5. The van der Waals surface area contributed by atoms with Crippen LogP contribution in [0.1, 0.15) is 59.8 Å². The molecule has 1 saturated carbocycles. The van der Waals surface area contributed by atoms with Crippen LogP contribution in [0.15, 0.2) is 16.7 Å². The van der Waals surface area contributed by atoms with Crippen molar-refractivity contribution in [1.82, 2.24) is 15.5 Å². The first-order valence-electron chi connectivity index (χ1n) is 8.53. The molecule has 136 valence electrons. The molecule has 0 aromatic carbocycles. The number of nitrogens with one attached hydrogen (secondary N) is 2. The second-order valence-corrected chi connectivity index (χ2v) is 7.57. The number of amides is 1. The van der Waals surface area contributed by atoms with Gasteiger partial charge in [0.1, 0.15) is 16.0 Å². The number of aromatic nitrogens is 2. The largest absolute Gasteiger partial charge is 0.444 e. The van der Waals surface area contributed by atoms with E-state index in [1.54, 1.807) is 0 Å². The van der Waals surface area contributed by atoms with Gasteiger partial charge in [0, 0.05) is 12.6 Å². The van der Waals surface area contributed by atoms with Gasteiger partial charge in [0.15, 0.2) is 0 Å². The Balaban J connectivity index is 0.000000254. The molecule has 1 amide bonds. The Morgan fingerprint density at radius 2 is 1.92 bits per heavy atom. The highest BCUT2D eigenvalue weighted by Crippen LogP contribution is 2.18. The lowest BCUT2D eigenvalue weighted by Crippen LogP contribution is -2.39. The van der Waals surface area contributed by atoms with Crippen molar-refractivity contribution in [3.8, 4) is 0 Å². The van der Waals surface area contributed by atoms with Gasteiger partial charge in [-0.15, -0.1) is 10.2 Å². The summed E-state index contributed by atoms with van der Waals surface area (Å²) in [7, 11) is 0. The molecule has 1 aromatic heterocycles. The summed E-state index contributed by atoms with van der Waals surface area (Å²) in [5.74, 6) is 0.811. The first-order valence-corrected chi connectivity index (χ1v) is 9.32. The van der Waals surface area contributed by atoms with Gasteiger partial charge in [-0.05, 0) is 68.6 Å². The Morgan fingerprint density at radius 1 is 1.25 bits per heavy atom. The van der Waals surface area contributed by atoms with Gasteiger partial charge in [0.05, 0.1) is 0 Å². The molecule has 7 heteroatoms. The molecule has 0 unspecified atom stereocenters. The van der Waals surface area contributed by atoms with Gasteiger partial charge in [0.2, 0.25) is 0 Å². The predicted octanol–water partition coefficient (Wildman–Crippen LogP) is 4.51. The van der Waals surface area contributed by atoms with E-state index in [1.807, 2.05) is 39.8 Å². The van der Waals surface area contributed by atoms with E-state index in [2.05, 4.69) is 36.8 Å². The van der Waals surface area contributed by atoms with Crippen LogP contribution in [0.4, 0.5) is 10.6 Å². The van der Waals surface area contributed by atoms with E-state index in [0.717, 1.165) is 29.8 Å². The zero-order valence-corrected chi connectivity index (χ0v) is 16.6. The number of carbonyl (C=O) groups is 1. The fourth-order valence-electron chi connectivity index (χ4n) is 2.31. The highest BCUT2D eigenvalue weighted by Gasteiger charge is 2.20. The molecule has 0 saturated heterocycles. The highest BCUT2D eigenvalue weighted by molar-refractivity contribution is 9.10. The molecule has 0 spiro atoms. The molecular weight excluding hydrogens is 372 g/mol. The summed E-state index contributed by atoms with van der Waals surface area (Å²) in [5, 5.41) is 13.6. The van der Waals surface area contributed by atoms with Crippen molar-refractivity contribution in [3.63, 3.8) is 0 Å². The molecular formula is C17H29BrN4O2. The van der Waals surface area contributed by atoms with Crippen LogP contribution in [0.5, 0.6) is 0 Å². The zero-order chi connectivity index (χ0) is 18.0. The number of nitrogens with zero attached hydrogens (tertiary/aromatic N) is 2. The van der Waals surface area contributed by atoms with Crippen molar-refractivity contribution in [2.75, 3.05) is 11.9 Å². The van der Waals surface area contributed by atoms with Crippen molar-refractivity contribution in [3.05, 3.63) is 16.7 Å². The van der Waals surface area contributed by atoms with Crippen LogP contribution in [0, 0.1) is 0 Å². The van der Waals surface area contributed by atoms with E-state index in [9.17, 15) is 4.79 Å². The number of hydrogen-bond donors (Lipinski definition) is 2. The molecule has 0 atom stereocenters. The molecule has 0 aliphatic heterocycles. The fraction of sp³-hybridized carbons (Fsp3) is 0.706. The van der Waals surface area contributed by atoms with E-state index in [1.165, 1.54) is 19.3 Å². The summed E-state index contributed by atoms with van der Waals surface area (Å²) >= 11 is 3.20. The minimum atomic E-state index is -0.390. The molecule has 1 aromatic rings. The first-order chi connectivity index (χ1) is 11.3. The van der Waals surface area contributed by atoms with Crippen LogP contribution in [0.2, 0.25) is 0 Å². The third-order valence-corrected chi connectivity index (χ3v) is 3.74. The van der Waals surface area contributed by atoms with Gasteiger partial charge in [-0.2, -0.15) is 0 Å². The number of anilines is 1. The van der Waals surface area contributed by atoms with Crippen LogP contribution in [-0.4, -0.2) is 34.5 Å².